The molecule has 1 aromatic heterocycles. The lowest BCUT2D eigenvalue weighted by molar-refractivity contribution is 0.936. The topological polar surface area (TPSA) is 41.1 Å². The lowest BCUT2D eigenvalue weighted by Crippen LogP contribution is -2.18. The number of benzene rings is 2. The lowest BCUT2D eigenvalue weighted by Gasteiger charge is -2.23. The van der Waals surface area contributed by atoms with Crippen LogP contribution in [0.3, 0.4) is 0 Å². The molecule has 0 atom stereocenters. The molecule has 0 saturated heterocycles. The van der Waals surface area contributed by atoms with Crippen LogP contribution in [-0.2, 0) is 0 Å². The standard InChI is InChI=1S/C21H24N4/c1-3-15-22-21-23-19(17-11-7-5-8-12-17)16-20(24-21)25(4-2)18-13-9-6-10-14-18/h5-14,16H,3-4,15H2,1-2H3,(H,22,23,24). The molecule has 4 nitrogen and oxygen atoms in total. The number of hydrogen-bond donors (Lipinski definition) is 1. The number of para-hydroxylation sites is 1. The molecule has 1 heterocycles. The number of nitrogens with zero attached hydrogens (tertiary/aromatic N) is 3. The molecule has 0 fully saturated rings. The van der Waals surface area contributed by atoms with Crippen LogP contribution >= 0.6 is 0 Å². The number of anilines is 3. The van der Waals surface area contributed by atoms with Crippen molar-refractivity contribution in [2.75, 3.05) is 23.3 Å². The van der Waals surface area contributed by atoms with Gasteiger partial charge >= 0.3 is 0 Å². The van der Waals surface area contributed by atoms with Gasteiger partial charge in [-0.2, -0.15) is 4.98 Å². The second-order valence-corrected chi connectivity index (χ2v) is 5.81. The van der Waals surface area contributed by atoms with Crippen molar-refractivity contribution < 1.29 is 0 Å². The zero-order valence-electron chi connectivity index (χ0n) is 14.8. The summed E-state index contributed by atoms with van der Waals surface area (Å²) in [4.78, 5) is 11.6. The fourth-order valence-electron chi connectivity index (χ4n) is 2.73. The molecule has 4 heteroatoms. The van der Waals surface area contributed by atoms with E-state index < -0.39 is 0 Å². The van der Waals surface area contributed by atoms with E-state index in [1.54, 1.807) is 0 Å². The normalized spacial score (nSPS) is 10.5. The Morgan fingerprint density at radius 2 is 1.56 bits per heavy atom. The zero-order valence-corrected chi connectivity index (χ0v) is 14.8. The predicted molar refractivity (Wildman–Crippen MR) is 105 cm³/mol. The van der Waals surface area contributed by atoms with Crippen molar-refractivity contribution in [3.05, 3.63) is 66.7 Å². The fraction of sp³-hybridized carbons (Fsp3) is 0.238. The average Bonchev–Trinajstić information content (AvgIpc) is 2.68. The fourth-order valence-corrected chi connectivity index (χ4v) is 2.73. The van der Waals surface area contributed by atoms with Crippen LogP contribution in [0.4, 0.5) is 17.5 Å². The highest BCUT2D eigenvalue weighted by molar-refractivity contribution is 5.68. The minimum absolute atomic E-state index is 0.674. The summed E-state index contributed by atoms with van der Waals surface area (Å²) >= 11 is 0. The molecule has 0 aliphatic rings. The first-order valence-corrected chi connectivity index (χ1v) is 8.82. The molecule has 0 radical (unpaired) electrons. The summed E-state index contributed by atoms with van der Waals surface area (Å²) in [5, 5.41) is 3.33. The minimum atomic E-state index is 0.674. The molecule has 0 unspecified atom stereocenters. The molecule has 0 saturated carbocycles. The summed E-state index contributed by atoms with van der Waals surface area (Å²) in [5.41, 5.74) is 3.15. The van der Waals surface area contributed by atoms with Gasteiger partial charge in [0.25, 0.3) is 0 Å². The molecule has 0 amide bonds. The first-order valence-electron chi connectivity index (χ1n) is 8.82. The smallest absolute Gasteiger partial charge is 0.225 e. The van der Waals surface area contributed by atoms with Gasteiger partial charge in [-0.1, -0.05) is 55.5 Å². The van der Waals surface area contributed by atoms with Gasteiger partial charge in [0.2, 0.25) is 5.95 Å². The highest BCUT2D eigenvalue weighted by Crippen LogP contribution is 2.28. The Morgan fingerprint density at radius 1 is 0.880 bits per heavy atom. The van der Waals surface area contributed by atoms with Gasteiger partial charge < -0.3 is 10.2 Å². The Bertz CT molecular complexity index is 788. The first kappa shape index (κ1) is 17.0. The third-order valence-electron chi connectivity index (χ3n) is 3.98. The van der Waals surface area contributed by atoms with E-state index in [-0.39, 0.29) is 0 Å². The maximum Gasteiger partial charge on any atom is 0.225 e. The van der Waals surface area contributed by atoms with Crippen LogP contribution < -0.4 is 10.2 Å². The Morgan fingerprint density at radius 3 is 2.20 bits per heavy atom. The summed E-state index contributed by atoms with van der Waals surface area (Å²) < 4.78 is 0. The third-order valence-corrected chi connectivity index (χ3v) is 3.98. The molecule has 0 aliphatic heterocycles. The Kier molecular flexibility index (Phi) is 5.62. The predicted octanol–water partition coefficient (Wildman–Crippen LogP) is 5.12. The highest BCUT2D eigenvalue weighted by atomic mass is 15.2. The number of nitrogens with one attached hydrogen (secondary N) is 1. The van der Waals surface area contributed by atoms with Crippen LogP contribution in [0.2, 0.25) is 0 Å². The molecular weight excluding hydrogens is 308 g/mol. The zero-order chi connectivity index (χ0) is 17.5. The van der Waals surface area contributed by atoms with Gasteiger partial charge in [-0.15, -0.1) is 0 Å². The lowest BCUT2D eigenvalue weighted by atomic mass is 10.1. The summed E-state index contributed by atoms with van der Waals surface area (Å²) in [6, 6.07) is 22.6. The second-order valence-electron chi connectivity index (χ2n) is 5.81. The van der Waals surface area contributed by atoms with Crippen molar-refractivity contribution in [2.45, 2.75) is 20.3 Å². The maximum atomic E-state index is 4.75. The monoisotopic (exact) mass is 332 g/mol. The van der Waals surface area contributed by atoms with E-state index in [1.807, 2.05) is 36.4 Å². The van der Waals surface area contributed by atoms with Crippen molar-refractivity contribution in [3.63, 3.8) is 0 Å². The SMILES string of the molecule is CCCNc1nc(-c2ccccc2)cc(N(CC)c2ccccc2)n1. The van der Waals surface area contributed by atoms with Crippen LogP contribution in [0.1, 0.15) is 20.3 Å². The molecule has 128 valence electrons. The van der Waals surface area contributed by atoms with Gasteiger partial charge in [0.15, 0.2) is 0 Å². The van der Waals surface area contributed by atoms with E-state index in [1.165, 1.54) is 0 Å². The van der Waals surface area contributed by atoms with Gasteiger partial charge in [-0.05, 0) is 25.5 Å². The molecule has 3 aromatic rings. The minimum Gasteiger partial charge on any atom is -0.354 e. The van der Waals surface area contributed by atoms with Crippen molar-refractivity contribution in [2.24, 2.45) is 0 Å². The largest absolute Gasteiger partial charge is 0.354 e. The first-order chi connectivity index (χ1) is 12.3. The molecule has 1 N–H and O–H groups in total. The molecule has 0 spiro atoms. The molecule has 3 rings (SSSR count). The summed E-state index contributed by atoms with van der Waals surface area (Å²) in [6.07, 6.45) is 1.03. The van der Waals surface area contributed by atoms with Crippen molar-refractivity contribution in [1.82, 2.24) is 9.97 Å². The molecule has 0 aliphatic carbocycles. The molecular formula is C21H24N4. The van der Waals surface area contributed by atoms with E-state index in [9.17, 15) is 0 Å². The summed E-state index contributed by atoms with van der Waals surface area (Å²) in [6.45, 7) is 5.96. The van der Waals surface area contributed by atoms with Gasteiger partial charge in [0.05, 0.1) is 5.69 Å². The van der Waals surface area contributed by atoms with Crippen LogP contribution in [0.25, 0.3) is 11.3 Å². The van der Waals surface area contributed by atoms with Crippen molar-refractivity contribution in [3.8, 4) is 11.3 Å². The average molecular weight is 332 g/mol. The van der Waals surface area contributed by atoms with Crippen molar-refractivity contribution in [1.29, 1.82) is 0 Å². The molecule has 2 aromatic carbocycles. The summed E-state index contributed by atoms with van der Waals surface area (Å²) in [7, 11) is 0. The van der Waals surface area contributed by atoms with E-state index in [0.29, 0.717) is 5.95 Å². The number of hydrogen-bond acceptors (Lipinski definition) is 4. The van der Waals surface area contributed by atoms with E-state index in [2.05, 4.69) is 54.4 Å². The van der Waals surface area contributed by atoms with Gasteiger partial charge in [-0.25, -0.2) is 4.98 Å². The van der Waals surface area contributed by atoms with E-state index in [0.717, 1.165) is 42.3 Å². The molecule has 0 bridgehead atoms. The van der Waals surface area contributed by atoms with Gasteiger partial charge in [0, 0.05) is 30.4 Å². The van der Waals surface area contributed by atoms with Crippen LogP contribution in [0.15, 0.2) is 66.7 Å². The van der Waals surface area contributed by atoms with Crippen molar-refractivity contribution >= 4 is 17.5 Å². The van der Waals surface area contributed by atoms with E-state index in [4.69, 9.17) is 9.97 Å². The van der Waals surface area contributed by atoms with Gasteiger partial charge in [0.1, 0.15) is 5.82 Å². The summed E-state index contributed by atoms with van der Waals surface area (Å²) in [5.74, 6) is 1.58. The third kappa shape index (κ3) is 4.15. The quantitative estimate of drug-likeness (QED) is 0.652. The Hall–Kier alpha value is -2.88. The van der Waals surface area contributed by atoms with Crippen LogP contribution in [-0.4, -0.2) is 23.1 Å². The Labute approximate surface area is 149 Å². The number of aromatic nitrogens is 2. The highest BCUT2D eigenvalue weighted by Gasteiger charge is 2.13. The van der Waals surface area contributed by atoms with Gasteiger partial charge in [-0.3, -0.25) is 0 Å². The number of rotatable bonds is 7. The Balaban J connectivity index is 2.05. The second kappa shape index (κ2) is 8.29. The van der Waals surface area contributed by atoms with Crippen LogP contribution in [0.5, 0.6) is 0 Å². The molecule has 25 heavy (non-hydrogen) atoms. The maximum absolute atomic E-state index is 4.75. The van der Waals surface area contributed by atoms with E-state index >= 15 is 0 Å². The van der Waals surface area contributed by atoms with Crippen LogP contribution in [0, 0.1) is 0 Å².